The Morgan fingerprint density at radius 1 is 1.41 bits per heavy atom. The number of hydrogen-bond donors (Lipinski definition) is 3. The number of carbonyl (C=O) groups excluding carboxylic acids is 1. The third-order valence-electron chi connectivity index (χ3n) is 2.23. The molecule has 0 fully saturated rings. The van der Waals surface area contributed by atoms with Gasteiger partial charge in [-0.25, -0.2) is 4.79 Å². The van der Waals surface area contributed by atoms with Crippen LogP contribution in [0, 0.1) is 0 Å². The SMILES string of the molecule is CC(Br)C(=O)c1cc(N)ccc1C(O)C(=O)O. The highest BCUT2D eigenvalue weighted by Gasteiger charge is 2.24. The number of carbonyl (C=O) groups is 2. The number of carboxylic acids is 1. The minimum atomic E-state index is -1.74. The molecule has 0 radical (unpaired) electrons. The number of rotatable bonds is 4. The summed E-state index contributed by atoms with van der Waals surface area (Å²) in [5, 5.41) is 18.2. The van der Waals surface area contributed by atoms with E-state index < -0.39 is 16.9 Å². The molecule has 0 bridgehead atoms. The third kappa shape index (κ3) is 3.04. The van der Waals surface area contributed by atoms with E-state index in [1.807, 2.05) is 0 Å². The van der Waals surface area contributed by atoms with E-state index >= 15 is 0 Å². The molecule has 17 heavy (non-hydrogen) atoms. The molecule has 0 aliphatic carbocycles. The summed E-state index contributed by atoms with van der Waals surface area (Å²) >= 11 is 3.10. The molecular formula is C11H12BrNO4. The van der Waals surface area contributed by atoms with Crippen molar-refractivity contribution >= 4 is 33.4 Å². The third-order valence-corrected chi connectivity index (χ3v) is 2.65. The van der Waals surface area contributed by atoms with Crippen molar-refractivity contribution in [2.45, 2.75) is 17.9 Å². The molecule has 4 N–H and O–H groups in total. The van der Waals surface area contributed by atoms with Gasteiger partial charge in [-0.3, -0.25) is 4.79 Å². The number of carboxylic acid groups (broad SMARTS) is 1. The summed E-state index contributed by atoms with van der Waals surface area (Å²) < 4.78 is 0. The highest BCUT2D eigenvalue weighted by Crippen LogP contribution is 2.23. The molecule has 6 heteroatoms. The van der Waals surface area contributed by atoms with E-state index in [2.05, 4.69) is 15.9 Å². The van der Waals surface area contributed by atoms with Gasteiger partial charge in [-0.1, -0.05) is 22.0 Å². The summed E-state index contributed by atoms with van der Waals surface area (Å²) in [5.41, 5.74) is 6.04. The Balaban J connectivity index is 3.31. The summed E-state index contributed by atoms with van der Waals surface area (Å²) in [6, 6.07) is 4.15. The summed E-state index contributed by atoms with van der Waals surface area (Å²) in [5.74, 6) is -1.74. The van der Waals surface area contributed by atoms with Crippen molar-refractivity contribution in [3.63, 3.8) is 0 Å². The smallest absolute Gasteiger partial charge is 0.337 e. The first-order valence-corrected chi connectivity index (χ1v) is 5.74. The van der Waals surface area contributed by atoms with Crippen molar-refractivity contribution in [2.24, 2.45) is 0 Å². The molecule has 0 aliphatic heterocycles. The van der Waals surface area contributed by atoms with Gasteiger partial charge in [0.25, 0.3) is 0 Å². The molecule has 0 aromatic heterocycles. The number of aliphatic hydroxyl groups is 1. The maximum atomic E-state index is 11.8. The van der Waals surface area contributed by atoms with E-state index in [1.54, 1.807) is 6.92 Å². The zero-order valence-corrected chi connectivity index (χ0v) is 10.6. The van der Waals surface area contributed by atoms with Crippen molar-refractivity contribution in [1.82, 2.24) is 0 Å². The molecule has 2 unspecified atom stereocenters. The maximum absolute atomic E-state index is 11.8. The summed E-state index contributed by atoms with van der Waals surface area (Å²) in [7, 11) is 0. The standard InChI is InChI=1S/C11H12BrNO4/c1-5(12)9(14)8-4-6(13)2-3-7(8)10(15)11(16)17/h2-5,10,15H,13H2,1H3,(H,16,17). The van der Waals surface area contributed by atoms with E-state index in [-0.39, 0.29) is 16.9 Å². The van der Waals surface area contributed by atoms with E-state index in [9.17, 15) is 14.7 Å². The van der Waals surface area contributed by atoms with Gasteiger partial charge in [0.1, 0.15) is 0 Å². The van der Waals surface area contributed by atoms with E-state index in [1.165, 1.54) is 18.2 Å². The lowest BCUT2D eigenvalue weighted by Gasteiger charge is -2.13. The maximum Gasteiger partial charge on any atom is 0.337 e. The summed E-state index contributed by atoms with van der Waals surface area (Å²) in [4.78, 5) is 22.1. The predicted molar refractivity (Wildman–Crippen MR) is 66.2 cm³/mol. The highest BCUT2D eigenvalue weighted by atomic mass is 79.9. The van der Waals surface area contributed by atoms with Gasteiger partial charge in [0.2, 0.25) is 0 Å². The Hall–Kier alpha value is -1.40. The Morgan fingerprint density at radius 2 is 2.00 bits per heavy atom. The van der Waals surface area contributed by atoms with Gasteiger partial charge in [-0.05, 0) is 19.1 Å². The first-order chi connectivity index (χ1) is 7.84. The number of Topliss-reactive ketones (excluding diaryl/α,β-unsaturated/α-hetero) is 1. The second kappa shape index (κ2) is 5.29. The van der Waals surface area contributed by atoms with Crippen LogP contribution in [0.4, 0.5) is 5.69 Å². The van der Waals surface area contributed by atoms with Crippen molar-refractivity contribution in [3.05, 3.63) is 29.3 Å². The number of anilines is 1. The van der Waals surface area contributed by atoms with Crippen LogP contribution in [0.2, 0.25) is 0 Å². The van der Waals surface area contributed by atoms with E-state index in [0.29, 0.717) is 5.69 Å². The minimum absolute atomic E-state index is 0.0444. The summed E-state index contributed by atoms with van der Waals surface area (Å²) in [6.07, 6.45) is -1.74. The second-order valence-corrected chi connectivity index (χ2v) is 4.94. The van der Waals surface area contributed by atoms with Crippen LogP contribution in [0.15, 0.2) is 18.2 Å². The number of benzene rings is 1. The lowest BCUT2D eigenvalue weighted by atomic mass is 9.97. The molecule has 0 aliphatic rings. The van der Waals surface area contributed by atoms with Gasteiger partial charge in [-0.2, -0.15) is 0 Å². The van der Waals surface area contributed by atoms with Gasteiger partial charge in [0, 0.05) is 16.8 Å². The Kier molecular flexibility index (Phi) is 4.25. The number of nitrogen functional groups attached to an aromatic ring is 1. The second-order valence-electron chi connectivity index (χ2n) is 3.57. The molecule has 2 atom stereocenters. The van der Waals surface area contributed by atoms with E-state index in [4.69, 9.17) is 10.8 Å². The highest BCUT2D eigenvalue weighted by molar-refractivity contribution is 9.10. The van der Waals surface area contributed by atoms with Gasteiger partial charge in [0.15, 0.2) is 11.9 Å². The van der Waals surface area contributed by atoms with Crippen LogP contribution in [0.25, 0.3) is 0 Å². The molecule has 0 spiro atoms. The average Bonchev–Trinajstić information content (AvgIpc) is 2.26. The fourth-order valence-corrected chi connectivity index (χ4v) is 1.62. The van der Waals surface area contributed by atoms with Gasteiger partial charge >= 0.3 is 5.97 Å². The molecule has 1 rings (SSSR count). The number of aliphatic carboxylic acids is 1. The first kappa shape index (κ1) is 13.7. The van der Waals surface area contributed by atoms with Crippen molar-refractivity contribution in [3.8, 4) is 0 Å². The first-order valence-electron chi connectivity index (χ1n) is 4.83. The largest absolute Gasteiger partial charge is 0.479 e. The number of halogens is 1. The molecule has 1 aromatic carbocycles. The normalized spacial score (nSPS) is 14.1. The topological polar surface area (TPSA) is 101 Å². The summed E-state index contributed by atoms with van der Waals surface area (Å²) in [6.45, 7) is 1.61. The molecule has 92 valence electrons. The Morgan fingerprint density at radius 3 is 2.47 bits per heavy atom. The lowest BCUT2D eigenvalue weighted by molar-refractivity contribution is -0.146. The van der Waals surface area contributed by atoms with Crippen LogP contribution in [-0.4, -0.2) is 26.8 Å². The minimum Gasteiger partial charge on any atom is -0.479 e. The Bertz CT molecular complexity index is 459. The number of aliphatic hydroxyl groups excluding tert-OH is 1. The van der Waals surface area contributed by atoms with Gasteiger partial charge in [0.05, 0.1) is 4.83 Å². The zero-order chi connectivity index (χ0) is 13.2. The number of alkyl halides is 1. The molecule has 0 amide bonds. The van der Waals surface area contributed by atoms with E-state index in [0.717, 1.165) is 0 Å². The number of nitrogens with two attached hydrogens (primary N) is 1. The zero-order valence-electron chi connectivity index (χ0n) is 9.05. The molecule has 0 heterocycles. The van der Waals surface area contributed by atoms with Crippen LogP contribution < -0.4 is 5.73 Å². The number of hydrogen-bond acceptors (Lipinski definition) is 4. The van der Waals surface area contributed by atoms with Crippen LogP contribution in [-0.2, 0) is 4.79 Å². The monoisotopic (exact) mass is 301 g/mol. The van der Waals surface area contributed by atoms with Gasteiger partial charge < -0.3 is 15.9 Å². The van der Waals surface area contributed by atoms with Crippen LogP contribution in [0.5, 0.6) is 0 Å². The fourth-order valence-electron chi connectivity index (χ4n) is 1.37. The average molecular weight is 302 g/mol. The molecule has 5 nitrogen and oxygen atoms in total. The lowest BCUT2D eigenvalue weighted by Crippen LogP contribution is -2.18. The van der Waals surface area contributed by atoms with Crippen LogP contribution in [0.3, 0.4) is 0 Å². The predicted octanol–water partition coefficient (Wildman–Crippen LogP) is 1.35. The van der Waals surface area contributed by atoms with Crippen LogP contribution >= 0.6 is 15.9 Å². The quantitative estimate of drug-likeness (QED) is 0.443. The van der Waals surface area contributed by atoms with Gasteiger partial charge in [-0.15, -0.1) is 0 Å². The fraction of sp³-hybridized carbons (Fsp3) is 0.273. The number of ketones is 1. The van der Waals surface area contributed by atoms with Crippen molar-refractivity contribution < 1.29 is 19.8 Å². The van der Waals surface area contributed by atoms with Crippen LogP contribution in [0.1, 0.15) is 28.9 Å². The Labute approximate surface area is 106 Å². The molecule has 0 saturated heterocycles. The molecular weight excluding hydrogens is 290 g/mol. The molecule has 1 aromatic rings. The molecule has 0 saturated carbocycles. The van der Waals surface area contributed by atoms with Crippen molar-refractivity contribution in [1.29, 1.82) is 0 Å². The van der Waals surface area contributed by atoms with Crippen molar-refractivity contribution in [2.75, 3.05) is 5.73 Å².